The van der Waals surface area contributed by atoms with Crippen LogP contribution in [-0.2, 0) is 20.8 Å². The van der Waals surface area contributed by atoms with Crippen LogP contribution in [0.3, 0.4) is 0 Å². The fraction of sp³-hybridized carbons (Fsp3) is 0.611. The molecule has 0 aliphatic heterocycles. The van der Waals surface area contributed by atoms with Crippen molar-refractivity contribution >= 4 is 18.0 Å². The number of carbonyl (C=O) groups is 3. The van der Waals surface area contributed by atoms with Crippen molar-refractivity contribution in [3.8, 4) is 5.75 Å². The van der Waals surface area contributed by atoms with Gasteiger partial charge in [-0.1, -0.05) is 0 Å². The highest BCUT2D eigenvalue weighted by Crippen LogP contribution is 2.28. The van der Waals surface area contributed by atoms with Crippen LogP contribution in [0.1, 0.15) is 55.5 Å². The van der Waals surface area contributed by atoms with E-state index in [0.29, 0.717) is 0 Å². The lowest BCUT2D eigenvalue weighted by atomic mass is 10.2. The molecule has 0 aromatic carbocycles. The molecule has 1 rings (SSSR count). The zero-order chi connectivity index (χ0) is 20.6. The van der Waals surface area contributed by atoms with E-state index in [-0.39, 0.29) is 43.3 Å². The van der Waals surface area contributed by atoms with E-state index in [1.165, 1.54) is 17.9 Å². The van der Waals surface area contributed by atoms with Crippen molar-refractivity contribution in [3.05, 3.63) is 17.5 Å². The summed E-state index contributed by atoms with van der Waals surface area (Å²) in [5, 5.41) is 2.60. The molecule has 0 radical (unpaired) electrons. The Kier molecular flexibility index (Phi) is 8.14. The van der Waals surface area contributed by atoms with E-state index in [9.17, 15) is 14.4 Å². The maximum Gasteiger partial charge on any atom is 0.407 e. The van der Waals surface area contributed by atoms with E-state index >= 15 is 0 Å². The van der Waals surface area contributed by atoms with Crippen molar-refractivity contribution < 1.29 is 33.3 Å². The smallest absolute Gasteiger partial charge is 0.407 e. The van der Waals surface area contributed by atoms with Gasteiger partial charge in [-0.3, -0.25) is 0 Å². The van der Waals surface area contributed by atoms with Gasteiger partial charge < -0.3 is 28.8 Å². The first-order chi connectivity index (χ1) is 12.6. The zero-order valence-electron chi connectivity index (χ0n) is 16.7. The molecular formula is C18H28N2O7. The fourth-order valence-electron chi connectivity index (χ4n) is 2.28. The number of hydrogen-bond donors (Lipinski definition) is 1. The van der Waals surface area contributed by atoms with Crippen molar-refractivity contribution in [2.24, 2.45) is 0 Å². The first-order valence-corrected chi connectivity index (χ1v) is 8.72. The minimum absolute atomic E-state index is 0.0733. The summed E-state index contributed by atoms with van der Waals surface area (Å²) in [5.74, 6) is -1.18. The number of aromatic nitrogens is 1. The molecule has 152 valence electrons. The summed E-state index contributed by atoms with van der Waals surface area (Å²) in [6, 6.07) is 0. The summed E-state index contributed by atoms with van der Waals surface area (Å²) < 4.78 is 22.0. The van der Waals surface area contributed by atoms with Crippen LogP contribution < -0.4 is 10.1 Å². The molecule has 9 nitrogen and oxygen atoms in total. The molecule has 1 heterocycles. The van der Waals surface area contributed by atoms with Crippen molar-refractivity contribution in [3.63, 3.8) is 0 Å². The van der Waals surface area contributed by atoms with E-state index in [0.717, 1.165) is 0 Å². The third-order valence-corrected chi connectivity index (χ3v) is 3.22. The zero-order valence-corrected chi connectivity index (χ0v) is 16.7. The molecule has 1 N–H and O–H groups in total. The largest absolute Gasteiger partial charge is 0.493 e. The van der Waals surface area contributed by atoms with Crippen molar-refractivity contribution in [2.45, 2.75) is 46.8 Å². The number of amides is 1. The van der Waals surface area contributed by atoms with Crippen molar-refractivity contribution in [2.75, 3.05) is 26.9 Å². The quantitative estimate of drug-likeness (QED) is 0.542. The molecule has 9 heteroatoms. The minimum atomic E-state index is -0.637. The van der Waals surface area contributed by atoms with Crippen molar-refractivity contribution in [1.82, 2.24) is 9.88 Å². The first-order valence-electron chi connectivity index (χ1n) is 8.72. The fourth-order valence-corrected chi connectivity index (χ4v) is 2.28. The molecule has 1 aromatic rings. The number of esters is 2. The first kappa shape index (κ1) is 22.3. The molecule has 1 aromatic heterocycles. The topological polar surface area (TPSA) is 105 Å². The highest BCUT2D eigenvalue weighted by Gasteiger charge is 2.28. The van der Waals surface area contributed by atoms with Gasteiger partial charge in [0, 0.05) is 19.3 Å². The lowest BCUT2D eigenvalue weighted by Crippen LogP contribution is -2.34. The molecule has 1 amide bonds. The Hall–Kier alpha value is -2.71. The normalized spacial score (nSPS) is 10.9. The minimum Gasteiger partial charge on any atom is -0.493 e. The summed E-state index contributed by atoms with van der Waals surface area (Å²) in [6.07, 6.45) is 0.866. The highest BCUT2D eigenvalue weighted by molar-refractivity contribution is 6.00. The molecule has 0 bridgehead atoms. The lowest BCUT2D eigenvalue weighted by molar-refractivity contribution is 0.0509. The van der Waals surface area contributed by atoms with Gasteiger partial charge in [0.1, 0.15) is 11.2 Å². The standard InChI is InChI=1S/C18H28N2O7/c1-7-25-15(21)12-11-20(10-9-19-17(23)27-18(3,4)5)13(14(12)24-6)16(22)26-8-2/h11H,7-10H2,1-6H3,(H,19,23). The van der Waals surface area contributed by atoms with Gasteiger partial charge in [0.05, 0.1) is 20.3 Å². The molecule has 0 fully saturated rings. The van der Waals surface area contributed by atoms with Gasteiger partial charge >= 0.3 is 18.0 Å². The Morgan fingerprint density at radius 3 is 2.19 bits per heavy atom. The van der Waals surface area contributed by atoms with Crippen LogP contribution in [0.4, 0.5) is 4.79 Å². The number of rotatable bonds is 8. The van der Waals surface area contributed by atoms with Gasteiger partial charge in [-0.05, 0) is 34.6 Å². The summed E-state index contributed by atoms with van der Waals surface area (Å²) in [7, 11) is 1.35. The molecule has 0 saturated carbocycles. The van der Waals surface area contributed by atoms with Crippen LogP contribution in [0.15, 0.2) is 6.20 Å². The number of carbonyl (C=O) groups excluding carboxylic acids is 3. The van der Waals surface area contributed by atoms with Gasteiger partial charge in [0.15, 0.2) is 11.4 Å². The SMILES string of the molecule is CCOC(=O)c1cn(CCNC(=O)OC(C)(C)C)c(C(=O)OCC)c1OC. The molecular weight excluding hydrogens is 356 g/mol. The number of methoxy groups -OCH3 is 1. The predicted octanol–water partition coefficient (Wildman–Crippen LogP) is 2.37. The molecule has 0 spiro atoms. The Morgan fingerprint density at radius 1 is 1.07 bits per heavy atom. The molecule has 27 heavy (non-hydrogen) atoms. The van der Waals surface area contributed by atoms with Gasteiger partial charge in [-0.2, -0.15) is 0 Å². The van der Waals surface area contributed by atoms with E-state index in [4.69, 9.17) is 18.9 Å². The predicted molar refractivity (Wildman–Crippen MR) is 97.1 cm³/mol. The number of nitrogens with one attached hydrogen (secondary N) is 1. The maximum atomic E-state index is 12.3. The lowest BCUT2D eigenvalue weighted by Gasteiger charge is -2.19. The Bertz CT molecular complexity index is 674. The summed E-state index contributed by atoms with van der Waals surface area (Å²) in [5.41, 5.74) is -0.429. The highest BCUT2D eigenvalue weighted by atomic mass is 16.6. The molecule has 0 aliphatic carbocycles. The second kappa shape index (κ2) is 9.84. The van der Waals surface area contributed by atoms with Crippen LogP contribution in [0.5, 0.6) is 5.75 Å². The Balaban J connectivity index is 3.04. The summed E-state index contributed by atoms with van der Waals surface area (Å²) in [6.45, 7) is 9.34. The van der Waals surface area contributed by atoms with Crippen LogP contribution in [0, 0.1) is 0 Å². The second-order valence-electron chi connectivity index (χ2n) is 6.49. The Labute approximate surface area is 158 Å². The van der Waals surface area contributed by atoms with Gasteiger partial charge in [0.2, 0.25) is 0 Å². The van der Waals surface area contributed by atoms with Gasteiger partial charge in [0.25, 0.3) is 0 Å². The van der Waals surface area contributed by atoms with Gasteiger partial charge in [-0.15, -0.1) is 0 Å². The third kappa shape index (κ3) is 6.50. The van der Waals surface area contributed by atoms with Crippen molar-refractivity contribution in [1.29, 1.82) is 0 Å². The number of nitrogens with zero attached hydrogens (tertiary/aromatic N) is 1. The van der Waals surface area contributed by atoms with E-state index in [2.05, 4.69) is 5.32 Å². The van der Waals surface area contributed by atoms with E-state index in [1.807, 2.05) is 0 Å². The number of alkyl carbamates (subject to hydrolysis) is 1. The summed E-state index contributed by atoms with van der Waals surface area (Å²) in [4.78, 5) is 36.2. The number of hydrogen-bond acceptors (Lipinski definition) is 7. The maximum absolute atomic E-state index is 12.3. The van der Waals surface area contributed by atoms with E-state index in [1.54, 1.807) is 34.6 Å². The van der Waals surface area contributed by atoms with Crippen LogP contribution in [-0.4, -0.2) is 55.1 Å². The summed E-state index contributed by atoms with van der Waals surface area (Å²) >= 11 is 0. The van der Waals surface area contributed by atoms with Crippen LogP contribution >= 0.6 is 0 Å². The second-order valence-corrected chi connectivity index (χ2v) is 6.49. The molecule has 0 unspecified atom stereocenters. The monoisotopic (exact) mass is 384 g/mol. The average Bonchev–Trinajstić information content (AvgIpc) is 2.92. The van der Waals surface area contributed by atoms with Crippen LogP contribution in [0.2, 0.25) is 0 Å². The number of ether oxygens (including phenoxy) is 4. The molecule has 0 aliphatic rings. The molecule has 0 saturated heterocycles. The van der Waals surface area contributed by atoms with E-state index < -0.39 is 23.6 Å². The molecule has 0 atom stereocenters. The average molecular weight is 384 g/mol. The van der Waals surface area contributed by atoms with Crippen LogP contribution in [0.25, 0.3) is 0 Å². The third-order valence-electron chi connectivity index (χ3n) is 3.22. The Morgan fingerprint density at radius 2 is 1.67 bits per heavy atom. The van der Waals surface area contributed by atoms with Gasteiger partial charge in [-0.25, -0.2) is 14.4 Å².